The van der Waals surface area contributed by atoms with E-state index < -0.39 is 10.0 Å². The first-order valence-corrected chi connectivity index (χ1v) is 9.57. The van der Waals surface area contributed by atoms with Crippen LogP contribution in [-0.4, -0.2) is 21.5 Å². The second kappa shape index (κ2) is 6.67. The summed E-state index contributed by atoms with van der Waals surface area (Å²) in [4.78, 5) is 1.38. The molecule has 0 bridgehead atoms. The van der Waals surface area contributed by atoms with Gasteiger partial charge in [0.05, 0.1) is 3.79 Å². The van der Waals surface area contributed by atoms with Crippen LogP contribution in [0, 0.1) is 0 Å². The van der Waals surface area contributed by atoms with Gasteiger partial charge < -0.3 is 5.32 Å². The molecule has 1 aromatic heterocycles. The molecule has 0 atom stereocenters. The smallest absolute Gasteiger partial charge is 0.242 e. The van der Waals surface area contributed by atoms with Crippen molar-refractivity contribution in [3.8, 4) is 0 Å². The average molecular weight is 367 g/mol. The van der Waals surface area contributed by atoms with E-state index in [1.54, 1.807) is 6.07 Å². The summed E-state index contributed by atoms with van der Waals surface area (Å²) in [5.41, 5.74) is 0. The number of rotatable bonds is 5. The van der Waals surface area contributed by atoms with E-state index in [4.69, 9.17) is 0 Å². The van der Waals surface area contributed by atoms with Gasteiger partial charge in [0, 0.05) is 17.5 Å². The molecule has 7 heteroatoms. The van der Waals surface area contributed by atoms with Gasteiger partial charge in [0.1, 0.15) is 4.90 Å². The van der Waals surface area contributed by atoms with E-state index in [-0.39, 0.29) is 6.04 Å². The van der Waals surface area contributed by atoms with Gasteiger partial charge in [-0.05, 0) is 41.9 Å². The molecular formula is C12H19BrN2O2S2. The van der Waals surface area contributed by atoms with E-state index in [1.165, 1.54) is 17.8 Å². The molecule has 2 N–H and O–H groups in total. The van der Waals surface area contributed by atoms with Crippen LogP contribution in [-0.2, 0) is 16.6 Å². The summed E-state index contributed by atoms with van der Waals surface area (Å²) >= 11 is 4.82. The highest BCUT2D eigenvalue weighted by molar-refractivity contribution is 9.11. The summed E-state index contributed by atoms with van der Waals surface area (Å²) in [5.74, 6) is 0. The fraction of sp³-hybridized carbons (Fsp3) is 0.667. The number of hydrogen-bond acceptors (Lipinski definition) is 4. The van der Waals surface area contributed by atoms with Gasteiger partial charge in [0.2, 0.25) is 10.0 Å². The second-order valence-electron chi connectivity index (χ2n) is 4.84. The lowest BCUT2D eigenvalue weighted by molar-refractivity contribution is 0.412. The van der Waals surface area contributed by atoms with Crippen molar-refractivity contribution in [2.24, 2.45) is 0 Å². The molecule has 0 radical (unpaired) electrons. The lowest BCUT2D eigenvalue weighted by atomic mass is 9.96. The molecule has 1 heterocycles. The Hall–Kier alpha value is 0.0500. The Morgan fingerprint density at radius 1 is 1.37 bits per heavy atom. The van der Waals surface area contributed by atoms with E-state index in [0.29, 0.717) is 15.2 Å². The summed E-state index contributed by atoms with van der Waals surface area (Å²) in [7, 11) is -1.55. The highest BCUT2D eigenvalue weighted by Crippen LogP contribution is 2.32. The van der Waals surface area contributed by atoms with Crippen LogP contribution >= 0.6 is 27.3 Å². The van der Waals surface area contributed by atoms with Crippen LogP contribution < -0.4 is 10.0 Å². The van der Waals surface area contributed by atoms with Crippen molar-refractivity contribution in [1.82, 2.24) is 10.0 Å². The van der Waals surface area contributed by atoms with Crippen molar-refractivity contribution in [3.63, 3.8) is 0 Å². The van der Waals surface area contributed by atoms with E-state index in [2.05, 4.69) is 26.0 Å². The Morgan fingerprint density at radius 2 is 2.05 bits per heavy atom. The molecule has 1 fully saturated rings. The third-order valence-electron chi connectivity index (χ3n) is 3.27. The van der Waals surface area contributed by atoms with Crippen LogP contribution in [0.25, 0.3) is 0 Å². The van der Waals surface area contributed by atoms with Crippen LogP contribution in [0.5, 0.6) is 0 Å². The summed E-state index contributed by atoms with van der Waals surface area (Å²) in [6.45, 7) is 0.683. The van der Waals surface area contributed by atoms with E-state index in [9.17, 15) is 8.42 Å². The van der Waals surface area contributed by atoms with E-state index in [1.807, 2.05) is 7.05 Å². The molecule has 0 saturated heterocycles. The van der Waals surface area contributed by atoms with Gasteiger partial charge in [0.25, 0.3) is 0 Å². The van der Waals surface area contributed by atoms with Crippen LogP contribution in [0.4, 0.5) is 0 Å². The highest BCUT2D eigenvalue weighted by atomic mass is 79.9. The molecule has 1 aromatic rings. The molecule has 0 aliphatic heterocycles. The van der Waals surface area contributed by atoms with Gasteiger partial charge in [-0.25, -0.2) is 13.1 Å². The number of sulfonamides is 1. The normalized spacial score (nSPS) is 17.8. The summed E-state index contributed by atoms with van der Waals surface area (Å²) < 4.78 is 28.3. The summed E-state index contributed by atoms with van der Waals surface area (Å²) in [6.07, 6.45) is 5.34. The van der Waals surface area contributed by atoms with Crippen molar-refractivity contribution in [2.45, 2.75) is 49.6 Å². The molecule has 4 nitrogen and oxygen atoms in total. The molecule has 1 saturated carbocycles. The predicted octanol–water partition coefficient (Wildman–Crippen LogP) is 2.84. The first-order chi connectivity index (χ1) is 9.03. The standard InChI is InChI=1S/C12H19BrN2O2S2/c1-14-8-10-7-11(12(13)18-10)19(16,17)15-9-5-3-2-4-6-9/h7,9,14-15H,2-6,8H2,1H3. The Bertz CT molecular complexity index is 522. The molecule has 0 unspecified atom stereocenters. The Kier molecular flexibility index (Phi) is 5.42. The molecular weight excluding hydrogens is 348 g/mol. The van der Waals surface area contributed by atoms with Crippen LogP contribution in [0.15, 0.2) is 14.7 Å². The topological polar surface area (TPSA) is 58.2 Å². The molecule has 0 spiro atoms. The maximum Gasteiger partial charge on any atom is 0.242 e. The van der Waals surface area contributed by atoms with Crippen molar-refractivity contribution in [3.05, 3.63) is 14.7 Å². The molecule has 19 heavy (non-hydrogen) atoms. The van der Waals surface area contributed by atoms with E-state index in [0.717, 1.165) is 30.6 Å². The minimum atomic E-state index is -3.40. The zero-order valence-corrected chi connectivity index (χ0v) is 14.1. The number of hydrogen-bond donors (Lipinski definition) is 2. The lowest BCUT2D eigenvalue weighted by Crippen LogP contribution is -2.36. The van der Waals surface area contributed by atoms with Gasteiger partial charge >= 0.3 is 0 Å². The monoisotopic (exact) mass is 366 g/mol. The fourth-order valence-electron chi connectivity index (χ4n) is 2.35. The molecule has 2 rings (SSSR count). The van der Waals surface area contributed by atoms with Crippen LogP contribution in [0.1, 0.15) is 37.0 Å². The predicted molar refractivity (Wildman–Crippen MR) is 82.0 cm³/mol. The number of halogens is 1. The van der Waals surface area contributed by atoms with Gasteiger partial charge in [-0.15, -0.1) is 11.3 Å². The van der Waals surface area contributed by atoms with Gasteiger partial charge in [-0.2, -0.15) is 0 Å². The number of nitrogens with one attached hydrogen (secondary N) is 2. The highest BCUT2D eigenvalue weighted by Gasteiger charge is 2.25. The van der Waals surface area contributed by atoms with Gasteiger partial charge in [-0.1, -0.05) is 19.3 Å². The van der Waals surface area contributed by atoms with Crippen molar-refractivity contribution in [2.75, 3.05) is 7.05 Å². The lowest BCUT2D eigenvalue weighted by Gasteiger charge is -2.22. The maximum absolute atomic E-state index is 12.4. The Morgan fingerprint density at radius 3 is 2.68 bits per heavy atom. The molecule has 1 aliphatic carbocycles. The average Bonchev–Trinajstić information content (AvgIpc) is 2.72. The number of thiophene rings is 1. The SMILES string of the molecule is CNCc1cc(S(=O)(=O)NC2CCCCC2)c(Br)s1. The van der Waals surface area contributed by atoms with E-state index >= 15 is 0 Å². The zero-order chi connectivity index (χ0) is 13.9. The molecule has 108 valence electrons. The molecule has 1 aliphatic rings. The Labute approximate surface area is 127 Å². The van der Waals surface area contributed by atoms with Crippen molar-refractivity contribution in [1.29, 1.82) is 0 Å². The largest absolute Gasteiger partial charge is 0.315 e. The first-order valence-electron chi connectivity index (χ1n) is 6.48. The second-order valence-corrected chi connectivity index (χ2v) is 8.97. The third kappa shape index (κ3) is 4.01. The van der Waals surface area contributed by atoms with Crippen LogP contribution in [0.2, 0.25) is 0 Å². The third-order valence-corrected chi connectivity index (χ3v) is 7.05. The Balaban J connectivity index is 2.14. The van der Waals surface area contributed by atoms with Crippen molar-refractivity contribution >= 4 is 37.3 Å². The minimum absolute atomic E-state index is 0.0956. The zero-order valence-electron chi connectivity index (χ0n) is 10.9. The minimum Gasteiger partial charge on any atom is -0.315 e. The quantitative estimate of drug-likeness (QED) is 0.842. The fourth-order valence-corrected chi connectivity index (χ4v) is 6.35. The summed E-state index contributed by atoms with van der Waals surface area (Å²) in [5, 5.41) is 3.03. The summed E-state index contributed by atoms with van der Waals surface area (Å²) in [6, 6.07) is 1.84. The first kappa shape index (κ1) is 15.4. The molecule has 0 aromatic carbocycles. The van der Waals surface area contributed by atoms with Crippen molar-refractivity contribution < 1.29 is 8.42 Å². The van der Waals surface area contributed by atoms with Gasteiger partial charge in [-0.3, -0.25) is 0 Å². The molecule has 0 amide bonds. The van der Waals surface area contributed by atoms with Gasteiger partial charge in [0.15, 0.2) is 0 Å². The van der Waals surface area contributed by atoms with Crippen LogP contribution in [0.3, 0.4) is 0 Å². The maximum atomic E-state index is 12.4.